The van der Waals surface area contributed by atoms with Gasteiger partial charge < -0.3 is 19.5 Å². The van der Waals surface area contributed by atoms with Crippen molar-refractivity contribution in [2.75, 3.05) is 33.4 Å². The molecule has 1 N–H and O–H groups in total. The van der Waals surface area contributed by atoms with Crippen LogP contribution in [-0.4, -0.2) is 65.7 Å². The Kier molecular flexibility index (Phi) is 4.87. The summed E-state index contributed by atoms with van der Waals surface area (Å²) in [6.45, 7) is 1.83. The molecule has 3 rings (SSSR count). The number of carbonyl (C=O) groups is 1. The highest BCUT2D eigenvalue weighted by Gasteiger charge is 2.49. The van der Waals surface area contributed by atoms with Gasteiger partial charge in [-0.15, -0.1) is 0 Å². The summed E-state index contributed by atoms with van der Waals surface area (Å²) in [6, 6.07) is -0.344. The molecule has 1 aromatic heterocycles. The summed E-state index contributed by atoms with van der Waals surface area (Å²) in [5.74, 6) is -5.51. The molecule has 2 aliphatic heterocycles. The van der Waals surface area contributed by atoms with Gasteiger partial charge in [0.1, 0.15) is 0 Å². The Morgan fingerprint density at radius 2 is 2.04 bits per heavy atom. The number of nitrogens with one attached hydrogen (secondary N) is 1. The summed E-state index contributed by atoms with van der Waals surface area (Å²) in [5.41, 5.74) is 0.944. The second-order valence-corrected chi connectivity index (χ2v) is 6.85. The van der Waals surface area contributed by atoms with Crippen molar-refractivity contribution in [3.8, 4) is 0 Å². The number of alkyl halides is 2. The Hall–Kier alpha value is -1.54. The smallest absolute Gasteiger partial charge is 0.327 e. The van der Waals surface area contributed by atoms with E-state index >= 15 is 0 Å². The lowest BCUT2D eigenvalue weighted by Crippen LogP contribution is -2.52. The molecule has 0 spiro atoms. The minimum absolute atomic E-state index is 0.0445. The lowest BCUT2D eigenvalue weighted by Gasteiger charge is -2.30. The first-order valence-corrected chi connectivity index (χ1v) is 8.31. The number of amides is 1. The van der Waals surface area contributed by atoms with Crippen molar-refractivity contribution >= 4 is 5.91 Å². The number of ether oxygens (including phenoxy) is 1. The van der Waals surface area contributed by atoms with Gasteiger partial charge in [-0.1, -0.05) is 0 Å². The molecule has 2 atom stereocenters. The van der Waals surface area contributed by atoms with Crippen molar-refractivity contribution in [2.24, 2.45) is 13.0 Å². The third-order valence-electron chi connectivity index (χ3n) is 5.09. The predicted molar refractivity (Wildman–Crippen MR) is 83.9 cm³/mol. The standard InChI is InChI=1S/C16H24F2N4O2/c1-21-8-12(14-7-19-10-22(14)2)13(9-21)20-15(23)16(17,18)11-3-5-24-6-4-11/h7,10-13H,3-6,8-9H2,1-2H3,(H,20,23)/t12-,13-/m1/s1. The fraction of sp³-hybridized carbons (Fsp3) is 0.750. The number of halogens is 2. The zero-order valence-electron chi connectivity index (χ0n) is 14.0. The third kappa shape index (κ3) is 3.30. The first-order valence-electron chi connectivity index (χ1n) is 8.31. The number of carbonyl (C=O) groups excluding carboxylic acids is 1. The Morgan fingerprint density at radius 1 is 1.33 bits per heavy atom. The highest BCUT2D eigenvalue weighted by Crippen LogP contribution is 2.34. The molecule has 2 saturated heterocycles. The molecule has 0 aliphatic carbocycles. The van der Waals surface area contributed by atoms with E-state index in [9.17, 15) is 13.6 Å². The van der Waals surface area contributed by atoms with Crippen molar-refractivity contribution in [3.05, 3.63) is 18.2 Å². The average Bonchev–Trinajstić information content (AvgIpc) is 3.13. The number of aromatic nitrogens is 2. The van der Waals surface area contributed by atoms with Crippen LogP contribution >= 0.6 is 0 Å². The maximum absolute atomic E-state index is 14.5. The number of likely N-dealkylation sites (N-methyl/N-ethyl adjacent to an activating group) is 1. The van der Waals surface area contributed by atoms with E-state index in [1.54, 1.807) is 12.5 Å². The van der Waals surface area contributed by atoms with E-state index in [4.69, 9.17) is 4.74 Å². The number of rotatable bonds is 4. The van der Waals surface area contributed by atoms with Crippen LogP contribution in [0.2, 0.25) is 0 Å². The molecule has 0 radical (unpaired) electrons. The number of aryl methyl sites for hydroxylation is 1. The largest absolute Gasteiger partial charge is 0.381 e. The average molecular weight is 342 g/mol. The summed E-state index contributed by atoms with van der Waals surface area (Å²) in [7, 11) is 3.79. The van der Waals surface area contributed by atoms with Crippen LogP contribution in [0.5, 0.6) is 0 Å². The SMILES string of the molecule is CN1C[C@@H](NC(=O)C(F)(F)C2CCOCC2)[C@H](c2cncn2C)C1. The maximum atomic E-state index is 14.5. The Labute approximate surface area is 140 Å². The van der Waals surface area contributed by atoms with Crippen LogP contribution < -0.4 is 5.32 Å². The molecule has 6 nitrogen and oxygen atoms in total. The quantitative estimate of drug-likeness (QED) is 0.887. The molecule has 2 aliphatic rings. The number of imidazole rings is 1. The van der Waals surface area contributed by atoms with E-state index in [2.05, 4.69) is 10.3 Å². The van der Waals surface area contributed by atoms with Crippen LogP contribution in [0, 0.1) is 5.92 Å². The molecule has 1 amide bonds. The van der Waals surface area contributed by atoms with E-state index in [0.717, 1.165) is 5.69 Å². The summed E-state index contributed by atoms with van der Waals surface area (Å²) in [6.07, 6.45) is 3.86. The number of hydrogen-bond donors (Lipinski definition) is 1. The summed E-state index contributed by atoms with van der Waals surface area (Å²) < 4.78 is 36.0. The van der Waals surface area contributed by atoms with Gasteiger partial charge in [0, 0.05) is 57.1 Å². The van der Waals surface area contributed by atoms with Gasteiger partial charge in [-0.25, -0.2) is 4.98 Å². The molecule has 2 fully saturated rings. The van der Waals surface area contributed by atoms with Crippen LogP contribution in [0.1, 0.15) is 24.5 Å². The fourth-order valence-corrected chi connectivity index (χ4v) is 3.68. The van der Waals surface area contributed by atoms with Gasteiger partial charge in [0.15, 0.2) is 0 Å². The van der Waals surface area contributed by atoms with Gasteiger partial charge in [-0.2, -0.15) is 8.78 Å². The van der Waals surface area contributed by atoms with Crippen molar-refractivity contribution in [2.45, 2.75) is 30.7 Å². The monoisotopic (exact) mass is 342 g/mol. The second kappa shape index (κ2) is 6.76. The molecule has 134 valence electrons. The molecule has 0 saturated carbocycles. The van der Waals surface area contributed by atoms with Gasteiger partial charge in [0.2, 0.25) is 0 Å². The Bertz CT molecular complexity index is 586. The first kappa shape index (κ1) is 17.3. The number of nitrogens with zero attached hydrogens (tertiary/aromatic N) is 3. The minimum atomic E-state index is -3.36. The van der Waals surface area contributed by atoms with E-state index in [-0.39, 0.29) is 38.0 Å². The van der Waals surface area contributed by atoms with E-state index < -0.39 is 17.7 Å². The van der Waals surface area contributed by atoms with Crippen LogP contribution in [0.4, 0.5) is 8.78 Å². The highest BCUT2D eigenvalue weighted by molar-refractivity contribution is 5.84. The maximum Gasteiger partial charge on any atom is 0.327 e. The third-order valence-corrected chi connectivity index (χ3v) is 5.09. The van der Waals surface area contributed by atoms with E-state index in [1.807, 2.05) is 23.6 Å². The van der Waals surface area contributed by atoms with Gasteiger partial charge in [-0.3, -0.25) is 4.79 Å². The highest BCUT2D eigenvalue weighted by atomic mass is 19.3. The summed E-state index contributed by atoms with van der Waals surface area (Å²) >= 11 is 0. The van der Waals surface area contributed by atoms with Crippen molar-refractivity contribution < 1.29 is 18.3 Å². The van der Waals surface area contributed by atoms with Crippen LogP contribution in [-0.2, 0) is 16.6 Å². The zero-order valence-corrected chi connectivity index (χ0v) is 14.0. The van der Waals surface area contributed by atoms with Crippen molar-refractivity contribution in [1.82, 2.24) is 19.8 Å². The van der Waals surface area contributed by atoms with Crippen LogP contribution in [0.25, 0.3) is 0 Å². The number of hydrogen-bond acceptors (Lipinski definition) is 4. The molecule has 0 unspecified atom stereocenters. The lowest BCUT2D eigenvalue weighted by atomic mass is 9.91. The number of likely N-dealkylation sites (tertiary alicyclic amines) is 1. The minimum Gasteiger partial charge on any atom is -0.381 e. The lowest BCUT2D eigenvalue weighted by molar-refractivity contribution is -0.160. The second-order valence-electron chi connectivity index (χ2n) is 6.85. The molecular formula is C16H24F2N4O2. The van der Waals surface area contributed by atoms with Gasteiger partial charge >= 0.3 is 5.92 Å². The van der Waals surface area contributed by atoms with Crippen LogP contribution in [0.3, 0.4) is 0 Å². The predicted octanol–water partition coefficient (Wildman–Crippen LogP) is 0.996. The first-order chi connectivity index (χ1) is 11.4. The summed E-state index contributed by atoms with van der Waals surface area (Å²) in [5, 5.41) is 2.60. The fourth-order valence-electron chi connectivity index (χ4n) is 3.68. The molecule has 24 heavy (non-hydrogen) atoms. The van der Waals surface area contributed by atoms with Crippen molar-refractivity contribution in [1.29, 1.82) is 0 Å². The molecule has 0 bridgehead atoms. The topological polar surface area (TPSA) is 59.4 Å². The molecular weight excluding hydrogens is 318 g/mol. The molecule has 0 aromatic carbocycles. The van der Waals surface area contributed by atoms with E-state index in [0.29, 0.717) is 13.1 Å². The van der Waals surface area contributed by atoms with Crippen molar-refractivity contribution in [3.63, 3.8) is 0 Å². The zero-order chi connectivity index (χ0) is 17.3. The van der Waals surface area contributed by atoms with E-state index in [1.165, 1.54) is 0 Å². The van der Waals surface area contributed by atoms with Gasteiger partial charge in [0.05, 0.1) is 12.4 Å². The molecule has 8 heteroatoms. The molecule has 1 aromatic rings. The van der Waals surface area contributed by atoms with Gasteiger partial charge in [0.25, 0.3) is 5.91 Å². The van der Waals surface area contributed by atoms with Crippen LogP contribution in [0.15, 0.2) is 12.5 Å². The Balaban J connectivity index is 1.71. The van der Waals surface area contributed by atoms with Gasteiger partial charge in [-0.05, 0) is 19.9 Å². The Morgan fingerprint density at radius 3 is 2.67 bits per heavy atom. The summed E-state index contributed by atoms with van der Waals surface area (Å²) in [4.78, 5) is 18.4. The normalized spacial score (nSPS) is 26.7. The molecule has 3 heterocycles.